The second kappa shape index (κ2) is 7.42. The minimum absolute atomic E-state index is 0.0910. The fourth-order valence-corrected chi connectivity index (χ4v) is 2.66. The van der Waals surface area contributed by atoms with E-state index in [0.29, 0.717) is 18.7 Å². The molecule has 0 saturated heterocycles. The summed E-state index contributed by atoms with van der Waals surface area (Å²) in [7, 11) is 0. The number of aliphatic hydroxyl groups is 1. The van der Waals surface area contributed by atoms with Gasteiger partial charge in [-0.1, -0.05) is 25.9 Å². The van der Waals surface area contributed by atoms with Gasteiger partial charge in [0.1, 0.15) is 18.3 Å². The van der Waals surface area contributed by atoms with Crippen molar-refractivity contribution in [1.29, 1.82) is 0 Å². The molecule has 1 rings (SSSR count). The molecule has 0 heterocycles. The minimum Gasteiger partial charge on any atom is -0.511 e. The number of rotatable bonds is 6. The number of oxime groups is 1. The van der Waals surface area contributed by atoms with Crippen LogP contribution in [0.5, 0.6) is 0 Å². The Kier molecular flexibility index (Phi) is 6.14. The highest BCUT2D eigenvalue weighted by Gasteiger charge is 2.47. The van der Waals surface area contributed by atoms with Gasteiger partial charge in [0.2, 0.25) is 0 Å². The first-order valence-electron chi connectivity index (χ1n) is 7.62. The van der Waals surface area contributed by atoms with Crippen molar-refractivity contribution in [3.05, 3.63) is 11.3 Å². The molecule has 0 radical (unpaired) electrons. The van der Waals surface area contributed by atoms with Crippen LogP contribution in [-0.2, 0) is 19.2 Å². The zero-order chi connectivity index (χ0) is 16.9. The molecule has 1 aliphatic carbocycles. The van der Waals surface area contributed by atoms with Gasteiger partial charge in [0.05, 0.1) is 17.9 Å². The van der Waals surface area contributed by atoms with E-state index >= 15 is 0 Å². The maximum Gasteiger partial charge on any atom is 0.317 e. The molecule has 6 nitrogen and oxygen atoms in total. The first kappa shape index (κ1) is 18.2. The van der Waals surface area contributed by atoms with Crippen LogP contribution in [-0.4, -0.2) is 35.8 Å². The topological polar surface area (TPSA) is 85.2 Å². The molecule has 1 atom stereocenters. The molecule has 0 aromatic carbocycles. The van der Waals surface area contributed by atoms with Crippen molar-refractivity contribution >= 4 is 17.5 Å². The summed E-state index contributed by atoms with van der Waals surface area (Å²) >= 11 is 0. The number of hydrogen-bond acceptors (Lipinski definition) is 6. The first-order valence-corrected chi connectivity index (χ1v) is 7.62. The van der Waals surface area contributed by atoms with Gasteiger partial charge >= 0.3 is 5.97 Å². The molecular formula is C16H25NO5. The summed E-state index contributed by atoms with van der Waals surface area (Å²) in [5.74, 6) is -1.90. The number of ether oxygens (including phenoxy) is 1. The van der Waals surface area contributed by atoms with Gasteiger partial charge in [-0.05, 0) is 25.7 Å². The molecular weight excluding hydrogens is 286 g/mol. The van der Waals surface area contributed by atoms with Crippen molar-refractivity contribution in [1.82, 2.24) is 0 Å². The molecule has 0 aromatic rings. The monoisotopic (exact) mass is 311 g/mol. The van der Waals surface area contributed by atoms with Gasteiger partial charge < -0.3 is 14.7 Å². The van der Waals surface area contributed by atoms with Crippen molar-refractivity contribution in [2.75, 3.05) is 13.2 Å². The maximum atomic E-state index is 12.4. The number of ketones is 1. The SMILES string of the molecule is CCON=C(CC)C1=C(O)C(C(=O)OCC)C(C)(C)CC1=O. The molecule has 0 spiro atoms. The molecule has 0 saturated carbocycles. The van der Waals surface area contributed by atoms with E-state index in [1.54, 1.807) is 27.7 Å². The van der Waals surface area contributed by atoms with Gasteiger partial charge in [-0.25, -0.2) is 0 Å². The molecule has 0 fully saturated rings. The van der Waals surface area contributed by atoms with E-state index in [9.17, 15) is 14.7 Å². The van der Waals surface area contributed by atoms with E-state index in [1.807, 2.05) is 6.92 Å². The van der Waals surface area contributed by atoms with Crippen molar-refractivity contribution in [3.8, 4) is 0 Å². The van der Waals surface area contributed by atoms with Crippen LogP contribution < -0.4 is 0 Å². The summed E-state index contributed by atoms with van der Waals surface area (Å²) in [5.41, 5.74) is -0.260. The number of Topliss-reactive ketones (excluding diaryl/α,β-unsaturated/α-hetero) is 1. The summed E-state index contributed by atoms with van der Waals surface area (Å²) in [5, 5.41) is 14.5. The van der Waals surface area contributed by atoms with Crippen LogP contribution >= 0.6 is 0 Å². The average Bonchev–Trinajstić information content (AvgIpc) is 2.41. The molecule has 1 N–H and O–H groups in total. The summed E-state index contributed by atoms with van der Waals surface area (Å²) in [6.45, 7) is 9.40. The predicted molar refractivity (Wildman–Crippen MR) is 82.5 cm³/mol. The van der Waals surface area contributed by atoms with E-state index in [1.165, 1.54) is 0 Å². The van der Waals surface area contributed by atoms with Gasteiger partial charge in [-0.15, -0.1) is 0 Å². The van der Waals surface area contributed by atoms with Crippen molar-refractivity contribution in [2.45, 2.75) is 47.5 Å². The number of esters is 1. The van der Waals surface area contributed by atoms with Crippen LogP contribution in [0.2, 0.25) is 0 Å². The average molecular weight is 311 g/mol. The molecule has 6 heteroatoms. The Morgan fingerprint density at radius 1 is 1.32 bits per heavy atom. The Balaban J connectivity index is 3.36. The molecule has 124 valence electrons. The highest BCUT2D eigenvalue weighted by Crippen LogP contribution is 2.42. The number of carbonyl (C=O) groups excluding carboxylic acids is 2. The summed E-state index contributed by atoms with van der Waals surface area (Å²) < 4.78 is 5.05. The van der Waals surface area contributed by atoms with Crippen molar-refractivity contribution in [2.24, 2.45) is 16.5 Å². The third-order valence-electron chi connectivity index (χ3n) is 3.66. The third-order valence-corrected chi connectivity index (χ3v) is 3.66. The van der Waals surface area contributed by atoms with Crippen molar-refractivity contribution < 1.29 is 24.3 Å². The zero-order valence-electron chi connectivity index (χ0n) is 13.9. The number of hydrogen-bond donors (Lipinski definition) is 1. The Labute approximate surface area is 131 Å². The van der Waals surface area contributed by atoms with E-state index in [-0.39, 0.29) is 30.1 Å². The quantitative estimate of drug-likeness (QED) is 0.463. The molecule has 1 unspecified atom stereocenters. The predicted octanol–water partition coefficient (Wildman–Crippen LogP) is 2.78. The fourth-order valence-electron chi connectivity index (χ4n) is 2.66. The number of allylic oxidation sites excluding steroid dienone is 1. The van der Waals surface area contributed by atoms with Gasteiger partial charge in [0.25, 0.3) is 0 Å². The summed E-state index contributed by atoms with van der Waals surface area (Å²) in [6.07, 6.45) is 0.558. The lowest BCUT2D eigenvalue weighted by Gasteiger charge is -2.36. The Morgan fingerprint density at radius 2 is 1.95 bits per heavy atom. The summed E-state index contributed by atoms with van der Waals surface area (Å²) in [4.78, 5) is 29.6. The fraction of sp³-hybridized carbons (Fsp3) is 0.688. The third kappa shape index (κ3) is 3.67. The summed E-state index contributed by atoms with van der Waals surface area (Å²) in [6, 6.07) is 0. The normalized spacial score (nSPS) is 21.8. The molecule has 0 aliphatic heterocycles. The maximum absolute atomic E-state index is 12.4. The van der Waals surface area contributed by atoms with Crippen LogP contribution in [0.25, 0.3) is 0 Å². The van der Waals surface area contributed by atoms with Crippen molar-refractivity contribution in [3.63, 3.8) is 0 Å². The smallest absolute Gasteiger partial charge is 0.317 e. The lowest BCUT2D eigenvalue weighted by atomic mass is 9.67. The van der Waals surface area contributed by atoms with E-state index < -0.39 is 17.3 Å². The second-order valence-electron chi connectivity index (χ2n) is 5.84. The van der Waals surface area contributed by atoms with Crippen LogP contribution in [0.4, 0.5) is 0 Å². The molecule has 0 bridgehead atoms. The highest BCUT2D eigenvalue weighted by molar-refractivity contribution is 6.23. The molecule has 1 aliphatic rings. The van der Waals surface area contributed by atoms with E-state index in [2.05, 4.69) is 5.16 Å². The first-order chi connectivity index (χ1) is 10.3. The van der Waals surface area contributed by atoms with Crippen LogP contribution in [0.3, 0.4) is 0 Å². The van der Waals surface area contributed by atoms with Gasteiger partial charge in [0, 0.05) is 6.42 Å². The molecule has 22 heavy (non-hydrogen) atoms. The molecule has 0 amide bonds. The van der Waals surface area contributed by atoms with Gasteiger partial charge in [-0.2, -0.15) is 0 Å². The Morgan fingerprint density at radius 3 is 2.45 bits per heavy atom. The van der Waals surface area contributed by atoms with E-state index in [4.69, 9.17) is 9.57 Å². The van der Waals surface area contributed by atoms with Gasteiger partial charge in [0.15, 0.2) is 5.78 Å². The number of aliphatic hydroxyl groups excluding tert-OH is 1. The lowest BCUT2D eigenvalue weighted by Crippen LogP contribution is -2.42. The largest absolute Gasteiger partial charge is 0.511 e. The Hall–Kier alpha value is -1.85. The Bertz CT molecular complexity index is 505. The van der Waals surface area contributed by atoms with Crippen LogP contribution in [0.15, 0.2) is 16.5 Å². The second-order valence-corrected chi connectivity index (χ2v) is 5.84. The number of nitrogens with zero attached hydrogens (tertiary/aromatic N) is 1. The highest BCUT2D eigenvalue weighted by atomic mass is 16.6. The number of carbonyl (C=O) groups is 2. The van der Waals surface area contributed by atoms with Gasteiger partial charge in [-0.3, -0.25) is 9.59 Å². The minimum atomic E-state index is -0.876. The zero-order valence-corrected chi connectivity index (χ0v) is 13.9. The van der Waals surface area contributed by atoms with Crippen LogP contribution in [0.1, 0.15) is 47.5 Å². The standard InChI is InChI=1S/C16H25NO5/c1-6-10(17-22-8-3)12-11(18)9-16(4,5)13(14(12)19)15(20)21-7-2/h13,19H,6-9H2,1-5H3. The molecule has 0 aromatic heterocycles. The van der Waals surface area contributed by atoms with E-state index in [0.717, 1.165) is 0 Å². The van der Waals surface area contributed by atoms with Crippen LogP contribution in [0, 0.1) is 11.3 Å². The lowest BCUT2D eigenvalue weighted by molar-refractivity contribution is -0.152.